The number of piperazine rings is 1. The van der Waals surface area contributed by atoms with Crippen LogP contribution in [-0.4, -0.2) is 60.6 Å². The maximum Gasteiger partial charge on any atom is 0.175 e. The molecule has 1 aliphatic rings. The van der Waals surface area contributed by atoms with Crippen LogP contribution >= 0.6 is 0 Å². The molecule has 3 aromatic rings. The zero-order valence-corrected chi connectivity index (χ0v) is 16.7. The largest absolute Gasteiger partial charge is 0.368 e. The molecule has 2 aromatic heterocycles. The summed E-state index contributed by atoms with van der Waals surface area (Å²) in [4.78, 5) is 13.9. The minimum Gasteiger partial charge on any atom is -0.368 e. The number of nitrogens with zero attached hydrogens (tertiary/aromatic N) is 6. The third-order valence-corrected chi connectivity index (χ3v) is 5.98. The summed E-state index contributed by atoms with van der Waals surface area (Å²) < 4.78 is 25.0. The first-order chi connectivity index (χ1) is 13.4. The van der Waals surface area contributed by atoms with E-state index < -0.39 is 9.84 Å². The number of sulfone groups is 1. The van der Waals surface area contributed by atoms with Crippen LogP contribution in [0.2, 0.25) is 0 Å². The van der Waals surface area contributed by atoms with E-state index in [2.05, 4.69) is 19.9 Å². The van der Waals surface area contributed by atoms with Crippen LogP contribution in [0.5, 0.6) is 0 Å². The van der Waals surface area contributed by atoms with Crippen molar-refractivity contribution < 1.29 is 8.42 Å². The van der Waals surface area contributed by atoms with E-state index in [9.17, 15) is 8.42 Å². The highest BCUT2D eigenvalue weighted by Crippen LogP contribution is 2.23. The van der Waals surface area contributed by atoms with E-state index in [4.69, 9.17) is 4.98 Å². The van der Waals surface area contributed by atoms with Gasteiger partial charge in [0.25, 0.3) is 0 Å². The highest BCUT2D eigenvalue weighted by atomic mass is 32.2. The summed E-state index contributed by atoms with van der Waals surface area (Å²) >= 11 is 0. The maximum absolute atomic E-state index is 11.6. The van der Waals surface area contributed by atoms with Gasteiger partial charge in [-0.25, -0.2) is 13.4 Å². The molecule has 0 N–H and O–H groups in total. The summed E-state index contributed by atoms with van der Waals surface area (Å²) in [6, 6.07) is 7.07. The van der Waals surface area contributed by atoms with Crippen molar-refractivity contribution in [3.63, 3.8) is 0 Å². The Morgan fingerprint density at radius 2 is 1.61 bits per heavy atom. The van der Waals surface area contributed by atoms with Crippen molar-refractivity contribution in [2.24, 2.45) is 7.05 Å². The van der Waals surface area contributed by atoms with E-state index >= 15 is 0 Å². The van der Waals surface area contributed by atoms with Crippen LogP contribution in [0.15, 0.2) is 53.9 Å². The molecule has 9 heteroatoms. The fourth-order valence-corrected chi connectivity index (χ4v) is 3.93. The minimum absolute atomic E-state index is 0.345. The Morgan fingerprint density at radius 1 is 0.929 bits per heavy atom. The fourth-order valence-electron chi connectivity index (χ4n) is 3.30. The predicted molar refractivity (Wildman–Crippen MR) is 108 cm³/mol. The molecule has 0 radical (unpaired) electrons. The molecule has 4 rings (SSSR count). The number of benzene rings is 1. The van der Waals surface area contributed by atoms with Gasteiger partial charge < -0.3 is 9.80 Å². The molecule has 0 aliphatic carbocycles. The van der Waals surface area contributed by atoms with Gasteiger partial charge in [-0.3, -0.25) is 9.67 Å². The van der Waals surface area contributed by atoms with Crippen molar-refractivity contribution in [1.29, 1.82) is 0 Å². The Balaban J connectivity index is 1.44. The highest BCUT2D eigenvalue weighted by Gasteiger charge is 2.19. The topological polar surface area (TPSA) is 84.2 Å². The molecule has 3 heterocycles. The van der Waals surface area contributed by atoms with E-state index in [1.807, 2.05) is 25.4 Å². The van der Waals surface area contributed by atoms with Crippen molar-refractivity contribution in [3.05, 3.63) is 49.1 Å². The smallest absolute Gasteiger partial charge is 0.175 e. The standard InChI is InChI=1S/C19H22N6O2S/c1-23-14-15(11-21-23)18-12-20-13-19(22-18)25-9-7-24(8-10-25)16-3-5-17(6-4-16)28(2,26)27/h3-6,11-14H,7-10H2,1-2H3. The van der Waals surface area contributed by atoms with Gasteiger partial charge >= 0.3 is 0 Å². The third kappa shape index (κ3) is 3.84. The zero-order chi connectivity index (χ0) is 19.7. The van der Waals surface area contributed by atoms with E-state index in [-0.39, 0.29) is 0 Å². The van der Waals surface area contributed by atoms with Crippen LogP contribution in [0, 0.1) is 0 Å². The summed E-state index contributed by atoms with van der Waals surface area (Å²) in [6.45, 7) is 3.30. The minimum atomic E-state index is -3.17. The average molecular weight is 398 g/mol. The van der Waals surface area contributed by atoms with Crippen LogP contribution in [0.1, 0.15) is 0 Å². The van der Waals surface area contributed by atoms with E-state index in [1.165, 1.54) is 6.26 Å². The monoisotopic (exact) mass is 398 g/mol. The van der Waals surface area contributed by atoms with E-state index in [0.717, 1.165) is 48.9 Å². The Bertz CT molecular complexity index is 1070. The first-order valence-electron chi connectivity index (χ1n) is 9.01. The molecule has 0 atom stereocenters. The molecule has 1 fully saturated rings. The number of aryl methyl sites for hydroxylation is 1. The van der Waals surface area contributed by atoms with Gasteiger partial charge in [-0.1, -0.05) is 0 Å². The number of anilines is 2. The van der Waals surface area contributed by atoms with E-state index in [0.29, 0.717) is 4.90 Å². The first-order valence-corrected chi connectivity index (χ1v) is 10.9. The summed E-state index contributed by atoms with van der Waals surface area (Å²) in [5, 5.41) is 4.19. The number of aromatic nitrogens is 4. The van der Waals surface area contributed by atoms with Crippen molar-refractivity contribution >= 4 is 21.3 Å². The second-order valence-corrected chi connectivity index (χ2v) is 8.92. The Morgan fingerprint density at radius 3 is 2.21 bits per heavy atom. The molecule has 0 amide bonds. The number of hydrogen-bond acceptors (Lipinski definition) is 7. The fraction of sp³-hybridized carbons (Fsp3) is 0.316. The second-order valence-electron chi connectivity index (χ2n) is 6.91. The normalized spacial score (nSPS) is 15.1. The Hall–Kier alpha value is -2.94. The van der Waals surface area contributed by atoms with E-state index in [1.54, 1.807) is 35.4 Å². The van der Waals surface area contributed by atoms with Crippen molar-refractivity contribution in [1.82, 2.24) is 19.7 Å². The van der Waals surface area contributed by atoms with Gasteiger partial charge in [-0.05, 0) is 24.3 Å². The lowest BCUT2D eigenvalue weighted by atomic mass is 10.2. The van der Waals surface area contributed by atoms with Crippen LogP contribution in [0.25, 0.3) is 11.3 Å². The van der Waals surface area contributed by atoms with Crippen LogP contribution < -0.4 is 9.80 Å². The molecule has 1 aromatic carbocycles. The Kier molecular flexibility index (Phi) is 4.76. The lowest BCUT2D eigenvalue weighted by Gasteiger charge is -2.36. The maximum atomic E-state index is 11.6. The summed E-state index contributed by atoms with van der Waals surface area (Å²) in [5.41, 5.74) is 2.79. The van der Waals surface area contributed by atoms with Crippen molar-refractivity contribution in [3.8, 4) is 11.3 Å². The first kappa shape index (κ1) is 18.4. The summed E-state index contributed by atoms with van der Waals surface area (Å²) in [7, 11) is -1.29. The second kappa shape index (κ2) is 7.23. The summed E-state index contributed by atoms with van der Waals surface area (Å²) in [6.07, 6.45) is 8.47. The van der Waals surface area contributed by atoms with Crippen LogP contribution in [0.3, 0.4) is 0 Å². The van der Waals surface area contributed by atoms with Crippen molar-refractivity contribution in [2.45, 2.75) is 4.90 Å². The van der Waals surface area contributed by atoms with Gasteiger partial charge in [0, 0.05) is 56.9 Å². The average Bonchev–Trinajstić information content (AvgIpc) is 3.14. The van der Waals surface area contributed by atoms with Gasteiger partial charge in [0.05, 0.1) is 29.2 Å². The summed E-state index contributed by atoms with van der Waals surface area (Å²) in [5.74, 6) is 0.855. The molecular formula is C19H22N6O2S. The SMILES string of the molecule is Cn1cc(-c2cncc(N3CCN(c4ccc(S(C)(=O)=O)cc4)CC3)n2)cn1. The molecule has 28 heavy (non-hydrogen) atoms. The molecule has 0 unspecified atom stereocenters. The van der Waals surface area contributed by atoms with Gasteiger partial charge in [-0.2, -0.15) is 5.10 Å². The highest BCUT2D eigenvalue weighted by molar-refractivity contribution is 7.90. The van der Waals surface area contributed by atoms with Gasteiger partial charge in [0.15, 0.2) is 9.84 Å². The molecule has 0 spiro atoms. The molecule has 0 saturated carbocycles. The van der Waals surface area contributed by atoms with Crippen molar-refractivity contribution in [2.75, 3.05) is 42.2 Å². The molecule has 0 bridgehead atoms. The van der Waals surface area contributed by atoms with Crippen LogP contribution in [0.4, 0.5) is 11.5 Å². The molecular weight excluding hydrogens is 376 g/mol. The Labute approximate surface area is 164 Å². The van der Waals surface area contributed by atoms with Crippen LogP contribution in [-0.2, 0) is 16.9 Å². The molecule has 8 nitrogen and oxygen atoms in total. The molecule has 146 valence electrons. The number of rotatable bonds is 4. The quantitative estimate of drug-likeness (QED) is 0.660. The van der Waals surface area contributed by atoms with Gasteiger partial charge in [0.1, 0.15) is 5.82 Å². The lowest BCUT2D eigenvalue weighted by Crippen LogP contribution is -2.46. The molecule has 1 aliphatic heterocycles. The number of hydrogen-bond donors (Lipinski definition) is 0. The van der Waals surface area contributed by atoms with Gasteiger partial charge in [0.2, 0.25) is 0 Å². The zero-order valence-electron chi connectivity index (χ0n) is 15.9. The third-order valence-electron chi connectivity index (χ3n) is 4.86. The van der Waals surface area contributed by atoms with Gasteiger partial charge in [-0.15, -0.1) is 0 Å². The predicted octanol–water partition coefficient (Wildman–Crippen LogP) is 1.61. The lowest BCUT2D eigenvalue weighted by molar-refractivity contribution is 0.602. The molecule has 1 saturated heterocycles.